The molecule has 0 saturated carbocycles. The van der Waals surface area contributed by atoms with E-state index in [1.165, 1.54) is 4.90 Å². The van der Waals surface area contributed by atoms with E-state index in [0.717, 1.165) is 5.56 Å². The fourth-order valence-electron chi connectivity index (χ4n) is 2.13. The van der Waals surface area contributed by atoms with E-state index in [-0.39, 0.29) is 24.6 Å². The van der Waals surface area contributed by atoms with Gasteiger partial charge in [-0.2, -0.15) is 0 Å². The normalized spacial score (nSPS) is 11.3. The highest BCUT2D eigenvalue weighted by Crippen LogP contribution is 2.18. The van der Waals surface area contributed by atoms with Crippen LogP contribution in [0.1, 0.15) is 18.5 Å². The number of benzene rings is 2. The molecular weight excluding hydrogens is 318 g/mol. The molecule has 0 saturated heterocycles. The number of nitrogens with zero attached hydrogens (tertiary/aromatic N) is 1. The lowest BCUT2D eigenvalue weighted by Gasteiger charge is -2.15. The summed E-state index contributed by atoms with van der Waals surface area (Å²) in [6.07, 6.45) is 0. The Morgan fingerprint density at radius 1 is 1.08 bits per heavy atom. The summed E-state index contributed by atoms with van der Waals surface area (Å²) in [6, 6.07) is 16.2. The molecule has 2 rings (SSSR count). The zero-order valence-electron chi connectivity index (χ0n) is 14.7. The van der Waals surface area contributed by atoms with Crippen LogP contribution in [-0.2, 0) is 4.79 Å². The third-order valence-corrected chi connectivity index (χ3v) is 3.60. The predicted molar refractivity (Wildman–Crippen MR) is 97.6 cm³/mol. The second-order valence-electron chi connectivity index (χ2n) is 5.84. The third-order valence-electron chi connectivity index (χ3n) is 3.60. The Labute approximate surface area is 147 Å². The van der Waals surface area contributed by atoms with Crippen LogP contribution in [0.4, 0.5) is 10.5 Å². The number of nitrogens with one attached hydrogen (secondary N) is 2. The zero-order chi connectivity index (χ0) is 18.2. The number of carbonyl (C=O) groups excluding carboxylic acids is 2. The Morgan fingerprint density at radius 3 is 2.48 bits per heavy atom. The van der Waals surface area contributed by atoms with Gasteiger partial charge in [0.1, 0.15) is 5.75 Å². The fourth-order valence-corrected chi connectivity index (χ4v) is 2.13. The van der Waals surface area contributed by atoms with Crippen molar-refractivity contribution in [1.29, 1.82) is 0 Å². The van der Waals surface area contributed by atoms with Crippen molar-refractivity contribution in [3.8, 4) is 5.75 Å². The van der Waals surface area contributed by atoms with E-state index < -0.39 is 0 Å². The minimum atomic E-state index is -0.308. The van der Waals surface area contributed by atoms with Crippen LogP contribution in [0.25, 0.3) is 0 Å². The molecule has 0 aliphatic heterocycles. The van der Waals surface area contributed by atoms with Gasteiger partial charge in [-0.3, -0.25) is 4.79 Å². The predicted octanol–water partition coefficient (Wildman–Crippen LogP) is 3.04. The molecule has 3 amide bonds. The summed E-state index contributed by atoms with van der Waals surface area (Å²) in [7, 11) is 3.34. The molecule has 2 aromatic rings. The Morgan fingerprint density at radius 2 is 1.80 bits per heavy atom. The summed E-state index contributed by atoms with van der Waals surface area (Å²) >= 11 is 0. The van der Waals surface area contributed by atoms with Gasteiger partial charge in [-0.1, -0.05) is 36.4 Å². The molecule has 0 bridgehead atoms. The van der Waals surface area contributed by atoms with E-state index in [1.807, 2.05) is 37.3 Å². The van der Waals surface area contributed by atoms with Crippen molar-refractivity contribution < 1.29 is 14.3 Å². The van der Waals surface area contributed by atoms with Crippen molar-refractivity contribution in [3.63, 3.8) is 0 Å². The van der Waals surface area contributed by atoms with Gasteiger partial charge in [0.25, 0.3) is 5.91 Å². The number of carbonyl (C=O) groups is 2. The topological polar surface area (TPSA) is 70.7 Å². The molecule has 0 heterocycles. The standard InChI is InChI=1S/C19H23N3O3/c1-14(15-8-5-4-6-9-15)20-19(24)21-16-10-7-11-17(12-16)25-13-18(23)22(2)3/h4-12,14H,13H2,1-3H3,(H2,20,21,24). The van der Waals surface area contributed by atoms with Crippen molar-refractivity contribution in [2.24, 2.45) is 0 Å². The van der Waals surface area contributed by atoms with E-state index >= 15 is 0 Å². The third kappa shape index (κ3) is 5.84. The quantitative estimate of drug-likeness (QED) is 0.848. The maximum Gasteiger partial charge on any atom is 0.319 e. The molecule has 0 aliphatic rings. The second-order valence-corrected chi connectivity index (χ2v) is 5.84. The highest BCUT2D eigenvalue weighted by Gasteiger charge is 2.10. The van der Waals surface area contributed by atoms with Crippen LogP contribution in [0, 0.1) is 0 Å². The van der Waals surface area contributed by atoms with Crippen molar-refractivity contribution in [1.82, 2.24) is 10.2 Å². The minimum absolute atomic E-state index is 0.0479. The first-order valence-corrected chi connectivity index (χ1v) is 8.01. The molecule has 0 radical (unpaired) electrons. The molecule has 1 unspecified atom stereocenters. The van der Waals surface area contributed by atoms with Crippen LogP contribution in [0.2, 0.25) is 0 Å². The average Bonchev–Trinajstić information content (AvgIpc) is 2.60. The Kier molecular flexibility index (Phi) is 6.39. The molecule has 0 aliphatic carbocycles. The highest BCUT2D eigenvalue weighted by atomic mass is 16.5. The summed E-state index contributed by atoms with van der Waals surface area (Å²) < 4.78 is 5.44. The van der Waals surface area contributed by atoms with Gasteiger partial charge in [-0.25, -0.2) is 4.79 Å². The van der Waals surface area contributed by atoms with Gasteiger partial charge in [0.05, 0.1) is 6.04 Å². The fraction of sp³-hybridized carbons (Fsp3) is 0.263. The monoisotopic (exact) mass is 341 g/mol. The minimum Gasteiger partial charge on any atom is -0.484 e. The zero-order valence-corrected chi connectivity index (χ0v) is 14.7. The summed E-state index contributed by atoms with van der Waals surface area (Å²) in [5.74, 6) is 0.386. The largest absolute Gasteiger partial charge is 0.484 e. The van der Waals surface area contributed by atoms with Crippen LogP contribution in [0.15, 0.2) is 54.6 Å². The first-order valence-electron chi connectivity index (χ1n) is 8.01. The van der Waals surface area contributed by atoms with Crippen molar-refractivity contribution in [2.45, 2.75) is 13.0 Å². The number of likely N-dealkylation sites (N-methyl/N-ethyl adjacent to an activating group) is 1. The van der Waals surface area contributed by atoms with E-state index in [1.54, 1.807) is 38.4 Å². The number of rotatable bonds is 6. The number of hydrogen-bond donors (Lipinski definition) is 2. The van der Waals surface area contributed by atoms with Gasteiger partial charge in [0, 0.05) is 25.8 Å². The number of anilines is 1. The summed E-state index contributed by atoms with van der Waals surface area (Å²) in [5, 5.41) is 5.65. The van der Waals surface area contributed by atoms with Crippen LogP contribution < -0.4 is 15.4 Å². The van der Waals surface area contributed by atoms with Crippen molar-refractivity contribution in [3.05, 3.63) is 60.2 Å². The van der Waals surface area contributed by atoms with Crippen LogP contribution in [0.5, 0.6) is 5.75 Å². The van der Waals surface area contributed by atoms with Gasteiger partial charge in [-0.05, 0) is 24.6 Å². The Hall–Kier alpha value is -3.02. The lowest BCUT2D eigenvalue weighted by molar-refractivity contribution is -0.130. The van der Waals surface area contributed by atoms with E-state index in [4.69, 9.17) is 4.74 Å². The van der Waals surface area contributed by atoms with Crippen molar-refractivity contribution >= 4 is 17.6 Å². The number of urea groups is 1. The molecule has 6 heteroatoms. The Balaban J connectivity index is 1.90. The molecule has 1 atom stereocenters. The average molecular weight is 341 g/mol. The van der Waals surface area contributed by atoms with Crippen molar-refractivity contribution in [2.75, 3.05) is 26.0 Å². The van der Waals surface area contributed by atoms with E-state index in [9.17, 15) is 9.59 Å². The summed E-state index contributed by atoms with van der Waals surface area (Å²) in [5.41, 5.74) is 1.62. The maximum absolute atomic E-state index is 12.1. The molecule has 0 spiro atoms. The van der Waals surface area contributed by atoms with Gasteiger partial charge in [0.15, 0.2) is 6.61 Å². The van der Waals surface area contributed by atoms with Gasteiger partial charge in [-0.15, -0.1) is 0 Å². The van der Waals surface area contributed by atoms with Crippen LogP contribution in [-0.4, -0.2) is 37.5 Å². The van der Waals surface area contributed by atoms with Gasteiger partial charge < -0.3 is 20.3 Å². The maximum atomic E-state index is 12.1. The molecular formula is C19H23N3O3. The van der Waals surface area contributed by atoms with Crippen LogP contribution >= 0.6 is 0 Å². The molecule has 2 aromatic carbocycles. The first-order chi connectivity index (χ1) is 12.0. The second kappa shape index (κ2) is 8.73. The number of hydrogen-bond acceptors (Lipinski definition) is 3. The van der Waals surface area contributed by atoms with E-state index in [0.29, 0.717) is 11.4 Å². The highest BCUT2D eigenvalue weighted by molar-refractivity contribution is 5.89. The van der Waals surface area contributed by atoms with Gasteiger partial charge in [0.2, 0.25) is 0 Å². The van der Waals surface area contributed by atoms with E-state index in [2.05, 4.69) is 10.6 Å². The Bertz CT molecular complexity index is 717. The number of ether oxygens (including phenoxy) is 1. The SMILES string of the molecule is CC(NC(=O)Nc1cccc(OCC(=O)N(C)C)c1)c1ccccc1. The van der Waals surface area contributed by atoms with Gasteiger partial charge >= 0.3 is 6.03 Å². The molecule has 0 aromatic heterocycles. The molecule has 2 N–H and O–H groups in total. The smallest absolute Gasteiger partial charge is 0.319 e. The first kappa shape index (κ1) is 18.3. The summed E-state index contributed by atoms with van der Waals surface area (Å²) in [4.78, 5) is 25.2. The molecule has 132 valence electrons. The molecule has 0 fully saturated rings. The lowest BCUT2D eigenvalue weighted by Crippen LogP contribution is -2.31. The number of amides is 3. The molecule has 6 nitrogen and oxygen atoms in total. The summed E-state index contributed by atoms with van der Waals surface area (Å²) in [6.45, 7) is 1.87. The lowest BCUT2D eigenvalue weighted by atomic mass is 10.1. The molecule has 25 heavy (non-hydrogen) atoms. The van der Waals surface area contributed by atoms with Crippen LogP contribution in [0.3, 0.4) is 0 Å².